The van der Waals surface area contributed by atoms with E-state index in [4.69, 9.17) is 4.74 Å². The number of carbonyl (C=O) groups is 1. The summed E-state index contributed by atoms with van der Waals surface area (Å²) in [6.45, 7) is 1.39. The first-order valence-corrected chi connectivity index (χ1v) is 10.1. The summed E-state index contributed by atoms with van der Waals surface area (Å²) in [5.41, 5.74) is 2.27. The van der Waals surface area contributed by atoms with Crippen LogP contribution in [0.2, 0.25) is 0 Å². The summed E-state index contributed by atoms with van der Waals surface area (Å²) in [6.07, 6.45) is 3.30. The van der Waals surface area contributed by atoms with Crippen molar-refractivity contribution in [3.05, 3.63) is 65.7 Å². The van der Waals surface area contributed by atoms with Crippen LogP contribution in [0.15, 0.2) is 54.6 Å². The van der Waals surface area contributed by atoms with Gasteiger partial charge in [0.15, 0.2) is 0 Å². The summed E-state index contributed by atoms with van der Waals surface area (Å²) in [7, 11) is 0. The number of amides is 1. The molecule has 2 aromatic carbocycles. The molecular weight excluding hydrogens is 330 g/mol. The molecule has 1 aliphatic carbocycles. The quantitative estimate of drug-likeness (QED) is 0.784. The van der Waals surface area contributed by atoms with Gasteiger partial charge in [-0.3, -0.25) is 4.79 Å². The van der Waals surface area contributed by atoms with Gasteiger partial charge in [0.25, 0.3) is 0 Å². The Morgan fingerprint density at radius 3 is 2.60 bits per heavy atom. The summed E-state index contributed by atoms with van der Waals surface area (Å²) >= 11 is 1.84. The van der Waals surface area contributed by atoms with Crippen LogP contribution in [-0.2, 0) is 11.4 Å². The summed E-state index contributed by atoms with van der Waals surface area (Å²) in [5, 5.41) is 0.0834. The Hall–Kier alpha value is -1.94. The number of ether oxygens (including phenoxy) is 1. The average molecular weight is 353 g/mol. The van der Waals surface area contributed by atoms with E-state index < -0.39 is 0 Å². The van der Waals surface area contributed by atoms with Crippen molar-refractivity contribution in [2.75, 3.05) is 12.3 Å². The molecule has 1 aliphatic heterocycles. The van der Waals surface area contributed by atoms with E-state index in [2.05, 4.69) is 23.1 Å². The van der Waals surface area contributed by atoms with E-state index in [0.717, 1.165) is 42.0 Å². The van der Waals surface area contributed by atoms with Crippen LogP contribution in [-0.4, -0.2) is 23.1 Å². The second-order valence-electron chi connectivity index (χ2n) is 6.69. The van der Waals surface area contributed by atoms with Crippen LogP contribution in [0, 0.1) is 5.92 Å². The molecule has 1 atom stereocenters. The van der Waals surface area contributed by atoms with E-state index in [-0.39, 0.29) is 11.3 Å². The van der Waals surface area contributed by atoms with Gasteiger partial charge in [0.1, 0.15) is 17.7 Å². The Morgan fingerprint density at radius 2 is 1.84 bits per heavy atom. The lowest BCUT2D eigenvalue weighted by Gasteiger charge is -2.32. The molecule has 2 fully saturated rings. The number of rotatable bonds is 5. The van der Waals surface area contributed by atoms with Gasteiger partial charge in [-0.2, -0.15) is 0 Å². The Labute approximate surface area is 153 Å². The van der Waals surface area contributed by atoms with Crippen molar-refractivity contribution < 1.29 is 9.53 Å². The van der Waals surface area contributed by atoms with Gasteiger partial charge in [0.2, 0.25) is 5.91 Å². The lowest BCUT2D eigenvalue weighted by atomic mass is 9.84. The first-order valence-electron chi connectivity index (χ1n) is 9.00. The minimum atomic E-state index is 0.0834. The third-order valence-corrected chi connectivity index (χ3v) is 6.29. The fourth-order valence-corrected chi connectivity index (χ4v) is 4.68. The van der Waals surface area contributed by atoms with Gasteiger partial charge < -0.3 is 9.64 Å². The van der Waals surface area contributed by atoms with E-state index in [1.807, 2.05) is 48.2 Å². The fraction of sp³-hybridized carbons (Fsp3) is 0.381. The summed E-state index contributed by atoms with van der Waals surface area (Å²) < 4.78 is 6.11. The highest BCUT2D eigenvalue weighted by atomic mass is 32.2. The van der Waals surface area contributed by atoms with E-state index in [0.29, 0.717) is 12.5 Å². The molecule has 25 heavy (non-hydrogen) atoms. The first kappa shape index (κ1) is 16.5. The van der Waals surface area contributed by atoms with Crippen LogP contribution in [0.5, 0.6) is 5.75 Å². The van der Waals surface area contributed by atoms with Gasteiger partial charge >= 0.3 is 0 Å². The molecule has 1 amide bonds. The number of hydrogen-bond donors (Lipinski definition) is 0. The number of carbonyl (C=O) groups excluding carboxylic acids is 1. The molecule has 4 rings (SSSR count). The average Bonchev–Trinajstić information content (AvgIpc) is 3.09. The molecule has 0 bridgehead atoms. The molecule has 0 spiro atoms. The fourth-order valence-electron chi connectivity index (χ4n) is 3.39. The van der Waals surface area contributed by atoms with Crippen LogP contribution in [0.4, 0.5) is 0 Å². The van der Waals surface area contributed by atoms with Gasteiger partial charge in [-0.1, -0.05) is 55.0 Å². The number of hydrogen-bond acceptors (Lipinski definition) is 3. The van der Waals surface area contributed by atoms with Gasteiger partial charge in [-0.05, 0) is 24.5 Å². The molecule has 1 unspecified atom stereocenters. The van der Waals surface area contributed by atoms with Gasteiger partial charge in [-0.15, -0.1) is 11.8 Å². The second kappa shape index (κ2) is 7.52. The Morgan fingerprint density at radius 1 is 1.08 bits per heavy atom. The number of thioether (sulfide) groups is 1. The standard InChI is InChI=1S/C21H23NO2S/c23-20(17-9-6-10-17)22-13-14-25-21(22)18-11-4-5-12-19(18)24-15-16-7-2-1-3-8-16/h1-5,7-8,11-12,17,21H,6,9-10,13-15H2. The molecule has 130 valence electrons. The molecule has 2 aromatic rings. The van der Waals surface area contributed by atoms with Crippen molar-refractivity contribution in [1.29, 1.82) is 0 Å². The minimum absolute atomic E-state index is 0.0834. The molecule has 0 N–H and O–H groups in total. The van der Waals surface area contributed by atoms with Gasteiger partial charge in [0, 0.05) is 23.8 Å². The van der Waals surface area contributed by atoms with Crippen molar-refractivity contribution in [2.24, 2.45) is 5.92 Å². The van der Waals surface area contributed by atoms with Crippen LogP contribution in [0.25, 0.3) is 0 Å². The SMILES string of the molecule is O=C(C1CCC1)N1CCSC1c1ccccc1OCc1ccccc1. The third-order valence-electron chi connectivity index (χ3n) is 5.05. The molecule has 1 saturated heterocycles. The molecule has 0 aromatic heterocycles. The number of para-hydroxylation sites is 1. The van der Waals surface area contributed by atoms with E-state index >= 15 is 0 Å². The lowest BCUT2D eigenvalue weighted by Crippen LogP contribution is -2.38. The van der Waals surface area contributed by atoms with Gasteiger partial charge in [0.05, 0.1) is 0 Å². The van der Waals surface area contributed by atoms with Crippen LogP contribution < -0.4 is 4.74 Å². The van der Waals surface area contributed by atoms with E-state index in [9.17, 15) is 4.79 Å². The highest BCUT2D eigenvalue weighted by Crippen LogP contribution is 2.44. The van der Waals surface area contributed by atoms with Crippen LogP contribution in [0.1, 0.15) is 35.8 Å². The highest BCUT2D eigenvalue weighted by Gasteiger charge is 2.37. The number of benzene rings is 2. The first-order chi connectivity index (χ1) is 12.3. The smallest absolute Gasteiger partial charge is 0.226 e. The maximum atomic E-state index is 12.8. The summed E-state index contributed by atoms with van der Waals surface area (Å²) in [4.78, 5) is 14.8. The van der Waals surface area contributed by atoms with E-state index in [1.165, 1.54) is 6.42 Å². The van der Waals surface area contributed by atoms with Crippen molar-refractivity contribution >= 4 is 17.7 Å². The summed E-state index contributed by atoms with van der Waals surface area (Å²) in [5.74, 6) is 2.46. The topological polar surface area (TPSA) is 29.5 Å². The Kier molecular flexibility index (Phi) is 4.97. The zero-order chi connectivity index (χ0) is 17.1. The van der Waals surface area contributed by atoms with Crippen LogP contribution in [0.3, 0.4) is 0 Å². The maximum absolute atomic E-state index is 12.8. The minimum Gasteiger partial charge on any atom is -0.489 e. The monoisotopic (exact) mass is 353 g/mol. The van der Waals surface area contributed by atoms with Crippen molar-refractivity contribution in [3.63, 3.8) is 0 Å². The predicted octanol–water partition coefficient (Wildman–Crippen LogP) is 4.64. The van der Waals surface area contributed by atoms with E-state index in [1.54, 1.807) is 0 Å². The molecule has 4 heteroatoms. The molecule has 0 radical (unpaired) electrons. The molecule has 2 aliphatic rings. The molecule has 1 heterocycles. The van der Waals surface area contributed by atoms with Gasteiger partial charge in [-0.25, -0.2) is 0 Å². The van der Waals surface area contributed by atoms with Crippen molar-refractivity contribution in [3.8, 4) is 5.75 Å². The Balaban J connectivity index is 1.52. The Bertz CT molecular complexity index is 730. The normalized spacial score (nSPS) is 20.3. The highest BCUT2D eigenvalue weighted by molar-refractivity contribution is 7.99. The number of nitrogens with zero attached hydrogens (tertiary/aromatic N) is 1. The third kappa shape index (κ3) is 3.54. The molecule has 3 nitrogen and oxygen atoms in total. The summed E-state index contributed by atoms with van der Waals surface area (Å²) in [6, 6.07) is 18.4. The van der Waals surface area contributed by atoms with Crippen LogP contribution >= 0.6 is 11.8 Å². The second-order valence-corrected chi connectivity index (χ2v) is 7.88. The van der Waals surface area contributed by atoms with Crippen molar-refractivity contribution in [1.82, 2.24) is 4.90 Å². The lowest BCUT2D eigenvalue weighted by molar-refractivity contribution is -0.138. The molecular formula is C21H23NO2S. The largest absolute Gasteiger partial charge is 0.489 e. The predicted molar refractivity (Wildman–Crippen MR) is 101 cm³/mol. The zero-order valence-electron chi connectivity index (χ0n) is 14.3. The zero-order valence-corrected chi connectivity index (χ0v) is 15.1. The van der Waals surface area contributed by atoms with Crippen molar-refractivity contribution in [2.45, 2.75) is 31.2 Å². The maximum Gasteiger partial charge on any atom is 0.226 e. The molecule has 1 saturated carbocycles.